The van der Waals surface area contributed by atoms with Crippen molar-refractivity contribution in [2.24, 2.45) is 0 Å². The summed E-state index contributed by atoms with van der Waals surface area (Å²) in [6, 6.07) is 0. The minimum Gasteiger partial charge on any atom is -0.467 e. The van der Waals surface area contributed by atoms with Crippen LogP contribution in [0.5, 0.6) is 0 Å². The molecule has 0 amide bonds. The van der Waals surface area contributed by atoms with E-state index in [2.05, 4.69) is 4.74 Å². The summed E-state index contributed by atoms with van der Waals surface area (Å²) in [4.78, 5) is 10.8. The standard InChI is InChI=1S/C8H14O3/c1-4-6(5-2)7(9)8(10)11-3/h4,7,9H,5H2,1-3H3/b6-4+. The largest absolute Gasteiger partial charge is 0.467 e. The van der Waals surface area contributed by atoms with Gasteiger partial charge < -0.3 is 9.84 Å². The van der Waals surface area contributed by atoms with Crippen LogP contribution in [0, 0.1) is 0 Å². The van der Waals surface area contributed by atoms with Crippen LogP contribution in [-0.2, 0) is 9.53 Å². The molecule has 1 unspecified atom stereocenters. The zero-order valence-electron chi connectivity index (χ0n) is 7.13. The Labute approximate surface area is 66.7 Å². The number of esters is 1. The first-order chi connectivity index (χ1) is 5.17. The van der Waals surface area contributed by atoms with E-state index in [1.54, 1.807) is 13.0 Å². The van der Waals surface area contributed by atoms with Crippen molar-refractivity contribution >= 4 is 5.97 Å². The van der Waals surface area contributed by atoms with Crippen molar-refractivity contribution < 1.29 is 14.6 Å². The van der Waals surface area contributed by atoms with E-state index < -0.39 is 12.1 Å². The maximum absolute atomic E-state index is 10.8. The SMILES string of the molecule is C/C=C(\CC)C(O)C(=O)OC. The van der Waals surface area contributed by atoms with Gasteiger partial charge in [0.1, 0.15) is 0 Å². The second-order valence-electron chi connectivity index (χ2n) is 2.14. The van der Waals surface area contributed by atoms with Crippen LogP contribution in [0.15, 0.2) is 11.6 Å². The highest BCUT2D eigenvalue weighted by Crippen LogP contribution is 2.07. The van der Waals surface area contributed by atoms with Crippen molar-refractivity contribution in [2.75, 3.05) is 7.11 Å². The fourth-order valence-electron chi connectivity index (χ4n) is 0.818. The molecule has 1 atom stereocenters. The molecule has 0 aliphatic rings. The first-order valence-corrected chi connectivity index (χ1v) is 3.58. The third-order valence-electron chi connectivity index (χ3n) is 1.55. The zero-order chi connectivity index (χ0) is 8.85. The summed E-state index contributed by atoms with van der Waals surface area (Å²) in [5.74, 6) is -0.597. The van der Waals surface area contributed by atoms with Crippen LogP contribution in [0.4, 0.5) is 0 Å². The molecule has 64 valence electrons. The van der Waals surface area contributed by atoms with Gasteiger partial charge in [0.2, 0.25) is 0 Å². The third kappa shape index (κ3) is 2.72. The number of aliphatic hydroxyl groups is 1. The van der Waals surface area contributed by atoms with E-state index in [0.717, 1.165) is 0 Å². The molecule has 11 heavy (non-hydrogen) atoms. The zero-order valence-corrected chi connectivity index (χ0v) is 7.13. The molecular weight excluding hydrogens is 144 g/mol. The highest BCUT2D eigenvalue weighted by Gasteiger charge is 2.17. The minimum absolute atomic E-state index is 0.597. The van der Waals surface area contributed by atoms with Gasteiger partial charge in [-0.05, 0) is 18.9 Å². The molecule has 0 aliphatic carbocycles. The number of hydrogen-bond donors (Lipinski definition) is 1. The average Bonchev–Trinajstić information content (AvgIpc) is 2.05. The van der Waals surface area contributed by atoms with Gasteiger partial charge in [-0.25, -0.2) is 4.79 Å². The molecule has 0 saturated heterocycles. The van der Waals surface area contributed by atoms with Crippen LogP contribution in [0.25, 0.3) is 0 Å². The molecule has 0 aromatic rings. The van der Waals surface area contributed by atoms with Crippen LogP contribution in [0.2, 0.25) is 0 Å². The quantitative estimate of drug-likeness (QED) is 0.490. The Morgan fingerprint density at radius 2 is 2.27 bits per heavy atom. The molecule has 0 heterocycles. The van der Waals surface area contributed by atoms with Gasteiger partial charge in [0.15, 0.2) is 6.10 Å². The molecule has 0 fully saturated rings. The van der Waals surface area contributed by atoms with Crippen molar-refractivity contribution in [1.29, 1.82) is 0 Å². The number of rotatable bonds is 3. The molecule has 1 N–H and O–H groups in total. The monoisotopic (exact) mass is 158 g/mol. The van der Waals surface area contributed by atoms with Gasteiger partial charge in [-0.1, -0.05) is 13.0 Å². The fourth-order valence-corrected chi connectivity index (χ4v) is 0.818. The predicted octanol–water partition coefficient (Wildman–Crippen LogP) is 0.877. The molecule has 3 heteroatoms. The van der Waals surface area contributed by atoms with Gasteiger partial charge in [0.25, 0.3) is 0 Å². The van der Waals surface area contributed by atoms with Crippen molar-refractivity contribution in [1.82, 2.24) is 0 Å². The van der Waals surface area contributed by atoms with E-state index >= 15 is 0 Å². The average molecular weight is 158 g/mol. The smallest absolute Gasteiger partial charge is 0.339 e. The molecule has 0 aromatic heterocycles. The Kier molecular flexibility index (Phi) is 4.54. The van der Waals surface area contributed by atoms with Crippen molar-refractivity contribution in [2.45, 2.75) is 26.4 Å². The van der Waals surface area contributed by atoms with Crippen LogP contribution in [-0.4, -0.2) is 24.3 Å². The summed E-state index contributed by atoms with van der Waals surface area (Å²) in [5.41, 5.74) is 0.692. The van der Waals surface area contributed by atoms with Gasteiger partial charge in [-0.3, -0.25) is 0 Å². The molecule has 0 spiro atoms. The summed E-state index contributed by atoms with van der Waals surface area (Å²) in [6.07, 6.45) is 1.30. The van der Waals surface area contributed by atoms with E-state index in [4.69, 9.17) is 0 Å². The van der Waals surface area contributed by atoms with Crippen LogP contribution < -0.4 is 0 Å². The number of carbonyl (C=O) groups excluding carboxylic acids is 1. The first kappa shape index (κ1) is 10.2. The first-order valence-electron chi connectivity index (χ1n) is 3.58. The number of ether oxygens (including phenoxy) is 1. The number of carbonyl (C=O) groups is 1. The summed E-state index contributed by atoms with van der Waals surface area (Å²) in [7, 11) is 1.26. The number of methoxy groups -OCH3 is 1. The molecule has 0 saturated carbocycles. The number of allylic oxidation sites excluding steroid dienone is 1. The second kappa shape index (κ2) is 4.91. The van der Waals surface area contributed by atoms with Crippen LogP contribution >= 0.6 is 0 Å². The lowest BCUT2D eigenvalue weighted by Gasteiger charge is -2.09. The minimum atomic E-state index is -1.09. The molecule has 0 aliphatic heterocycles. The lowest BCUT2D eigenvalue weighted by Crippen LogP contribution is -2.23. The maximum Gasteiger partial charge on any atom is 0.339 e. The van der Waals surface area contributed by atoms with E-state index in [9.17, 15) is 9.90 Å². The highest BCUT2D eigenvalue weighted by atomic mass is 16.5. The molecular formula is C8H14O3. The van der Waals surface area contributed by atoms with E-state index in [0.29, 0.717) is 12.0 Å². The van der Waals surface area contributed by atoms with Crippen molar-refractivity contribution in [3.05, 3.63) is 11.6 Å². The highest BCUT2D eigenvalue weighted by molar-refractivity contribution is 5.77. The lowest BCUT2D eigenvalue weighted by atomic mass is 10.1. The van der Waals surface area contributed by atoms with Gasteiger partial charge in [0, 0.05) is 0 Å². The molecule has 0 aromatic carbocycles. The second-order valence-corrected chi connectivity index (χ2v) is 2.14. The Hall–Kier alpha value is -0.830. The summed E-state index contributed by atoms with van der Waals surface area (Å²) >= 11 is 0. The van der Waals surface area contributed by atoms with Crippen molar-refractivity contribution in [3.63, 3.8) is 0 Å². The van der Waals surface area contributed by atoms with Gasteiger partial charge in [-0.15, -0.1) is 0 Å². The Bertz CT molecular complexity index is 161. The van der Waals surface area contributed by atoms with Crippen LogP contribution in [0.1, 0.15) is 20.3 Å². The molecule has 0 bridgehead atoms. The van der Waals surface area contributed by atoms with E-state index in [-0.39, 0.29) is 0 Å². The Morgan fingerprint density at radius 3 is 2.55 bits per heavy atom. The van der Waals surface area contributed by atoms with E-state index in [1.165, 1.54) is 7.11 Å². The summed E-state index contributed by atoms with van der Waals surface area (Å²) in [5, 5.41) is 9.23. The summed E-state index contributed by atoms with van der Waals surface area (Å²) < 4.78 is 4.37. The third-order valence-corrected chi connectivity index (χ3v) is 1.55. The molecule has 0 radical (unpaired) electrons. The van der Waals surface area contributed by atoms with Crippen LogP contribution in [0.3, 0.4) is 0 Å². The van der Waals surface area contributed by atoms with Gasteiger partial charge >= 0.3 is 5.97 Å². The Balaban J connectivity index is 4.21. The molecule has 3 nitrogen and oxygen atoms in total. The lowest BCUT2D eigenvalue weighted by molar-refractivity contribution is -0.148. The van der Waals surface area contributed by atoms with Crippen molar-refractivity contribution in [3.8, 4) is 0 Å². The number of hydrogen-bond acceptors (Lipinski definition) is 3. The maximum atomic E-state index is 10.8. The van der Waals surface area contributed by atoms with E-state index in [1.807, 2.05) is 6.92 Å². The number of aliphatic hydroxyl groups excluding tert-OH is 1. The summed E-state index contributed by atoms with van der Waals surface area (Å²) in [6.45, 7) is 3.66. The topological polar surface area (TPSA) is 46.5 Å². The van der Waals surface area contributed by atoms with Gasteiger partial charge in [-0.2, -0.15) is 0 Å². The van der Waals surface area contributed by atoms with Gasteiger partial charge in [0.05, 0.1) is 7.11 Å². The molecule has 0 rings (SSSR count). The fraction of sp³-hybridized carbons (Fsp3) is 0.625. The Morgan fingerprint density at radius 1 is 1.73 bits per heavy atom. The normalized spacial score (nSPS) is 14.4. The predicted molar refractivity (Wildman–Crippen MR) is 42.1 cm³/mol.